The van der Waals surface area contributed by atoms with Gasteiger partial charge in [-0.2, -0.15) is 0 Å². The van der Waals surface area contributed by atoms with Crippen molar-refractivity contribution in [3.8, 4) is 0 Å². The van der Waals surface area contributed by atoms with Gasteiger partial charge >= 0.3 is 0 Å². The van der Waals surface area contributed by atoms with E-state index in [9.17, 15) is 0 Å². The Labute approximate surface area is 101 Å². The zero-order chi connectivity index (χ0) is 11.5. The number of rotatable bonds is 4. The normalized spacial score (nSPS) is 16.2. The zero-order valence-corrected chi connectivity index (χ0v) is 10.2. The number of hydrogen-bond donors (Lipinski definition) is 2. The molecule has 88 valence electrons. The van der Waals surface area contributed by atoms with E-state index >= 15 is 0 Å². The molecule has 4 nitrogen and oxygen atoms in total. The lowest BCUT2D eigenvalue weighted by molar-refractivity contribution is 0.151. The van der Waals surface area contributed by atoms with Crippen LogP contribution in [0.3, 0.4) is 0 Å². The molecule has 0 amide bonds. The molecule has 2 rings (SSSR count). The average molecular weight is 241 g/mol. The topological polar surface area (TPSA) is 54.2 Å². The maximum Gasteiger partial charge on any atom is 0.140 e. The first kappa shape index (κ1) is 11.6. The van der Waals surface area contributed by atoms with Gasteiger partial charge in [0, 0.05) is 12.6 Å². The van der Waals surface area contributed by atoms with Gasteiger partial charge < -0.3 is 5.43 Å². The van der Waals surface area contributed by atoms with Crippen molar-refractivity contribution in [2.24, 2.45) is 5.84 Å². The lowest BCUT2D eigenvalue weighted by atomic mass is 9.92. The fraction of sp³-hybridized carbons (Fsp3) is 0.545. The van der Waals surface area contributed by atoms with Gasteiger partial charge in [-0.15, -0.1) is 0 Å². The Morgan fingerprint density at radius 2 is 2.31 bits per heavy atom. The van der Waals surface area contributed by atoms with Crippen LogP contribution >= 0.6 is 11.6 Å². The summed E-state index contributed by atoms with van der Waals surface area (Å²) in [6.45, 7) is 0.777. The van der Waals surface area contributed by atoms with Crippen LogP contribution in [-0.4, -0.2) is 23.0 Å². The highest BCUT2D eigenvalue weighted by Crippen LogP contribution is 2.26. The molecule has 1 aromatic rings. The van der Waals surface area contributed by atoms with Gasteiger partial charge in [-0.3, -0.25) is 4.90 Å². The van der Waals surface area contributed by atoms with Crippen molar-refractivity contribution in [1.82, 2.24) is 9.88 Å². The van der Waals surface area contributed by atoms with Gasteiger partial charge in [-0.1, -0.05) is 18.0 Å². The SMILES string of the molecule is CN(Cc1nc(NN)ccc1Cl)C1CCC1. The van der Waals surface area contributed by atoms with Crippen molar-refractivity contribution >= 4 is 17.4 Å². The lowest BCUT2D eigenvalue weighted by Gasteiger charge is -2.34. The van der Waals surface area contributed by atoms with Crippen LogP contribution in [0.2, 0.25) is 5.02 Å². The molecule has 1 aliphatic carbocycles. The molecule has 0 spiro atoms. The monoisotopic (exact) mass is 240 g/mol. The number of halogens is 1. The number of pyridine rings is 1. The Bertz CT molecular complexity index is 365. The van der Waals surface area contributed by atoms with E-state index in [0.29, 0.717) is 16.9 Å². The molecular formula is C11H17ClN4. The van der Waals surface area contributed by atoms with Gasteiger partial charge in [-0.25, -0.2) is 10.8 Å². The third-order valence-corrected chi connectivity index (χ3v) is 3.51. The molecule has 5 heteroatoms. The summed E-state index contributed by atoms with van der Waals surface area (Å²) < 4.78 is 0. The number of hydrazine groups is 1. The predicted molar refractivity (Wildman–Crippen MR) is 66.2 cm³/mol. The van der Waals surface area contributed by atoms with Crippen LogP contribution in [-0.2, 0) is 6.54 Å². The first-order valence-corrected chi connectivity index (χ1v) is 5.91. The van der Waals surface area contributed by atoms with Gasteiger partial charge in [0.25, 0.3) is 0 Å². The van der Waals surface area contributed by atoms with Crippen LogP contribution in [0.4, 0.5) is 5.82 Å². The van der Waals surface area contributed by atoms with E-state index < -0.39 is 0 Å². The first-order chi connectivity index (χ1) is 7.70. The van der Waals surface area contributed by atoms with Crippen molar-refractivity contribution in [1.29, 1.82) is 0 Å². The van der Waals surface area contributed by atoms with Crippen LogP contribution in [0.5, 0.6) is 0 Å². The number of nitrogens with two attached hydrogens (primary N) is 1. The summed E-state index contributed by atoms with van der Waals surface area (Å²) in [6.07, 6.45) is 3.90. The zero-order valence-electron chi connectivity index (χ0n) is 9.41. The molecule has 0 saturated heterocycles. The molecule has 1 aromatic heterocycles. The minimum atomic E-state index is 0.654. The molecular weight excluding hydrogens is 224 g/mol. The Morgan fingerprint density at radius 1 is 1.56 bits per heavy atom. The summed E-state index contributed by atoms with van der Waals surface area (Å²) in [5.74, 6) is 5.98. The van der Waals surface area contributed by atoms with E-state index in [0.717, 1.165) is 12.2 Å². The fourth-order valence-corrected chi connectivity index (χ4v) is 2.03. The van der Waals surface area contributed by atoms with Crippen LogP contribution in [0.25, 0.3) is 0 Å². The van der Waals surface area contributed by atoms with Gasteiger partial charge in [0.1, 0.15) is 5.82 Å². The van der Waals surface area contributed by atoms with Crippen LogP contribution in [0, 0.1) is 0 Å². The van der Waals surface area contributed by atoms with Crippen molar-refractivity contribution in [2.45, 2.75) is 31.8 Å². The van der Waals surface area contributed by atoms with Crippen LogP contribution < -0.4 is 11.3 Å². The van der Waals surface area contributed by atoms with E-state index in [1.165, 1.54) is 19.3 Å². The van der Waals surface area contributed by atoms with Gasteiger partial charge in [0.2, 0.25) is 0 Å². The Hall–Kier alpha value is -0.840. The lowest BCUT2D eigenvalue weighted by Crippen LogP contribution is -2.36. The molecule has 0 radical (unpaired) electrons. The summed E-state index contributed by atoms with van der Waals surface area (Å²) >= 11 is 6.11. The molecule has 0 bridgehead atoms. The van der Waals surface area contributed by atoms with E-state index in [2.05, 4.69) is 22.4 Å². The molecule has 1 heterocycles. The second-order valence-corrected chi connectivity index (χ2v) is 4.68. The standard InChI is InChI=1S/C11H17ClN4/c1-16(8-3-2-4-8)7-10-9(12)5-6-11(14-10)15-13/h5-6,8H,2-4,7,13H2,1H3,(H,14,15). The summed E-state index contributed by atoms with van der Waals surface area (Å²) in [5.41, 5.74) is 3.42. The Balaban J connectivity index is 2.06. The number of nitrogens with one attached hydrogen (secondary N) is 1. The second kappa shape index (κ2) is 4.99. The largest absolute Gasteiger partial charge is 0.308 e. The summed E-state index contributed by atoms with van der Waals surface area (Å²) in [4.78, 5) is 6.67. The second-order valence-electron chi connectivity index (χ2n) is 4.27. The van der Waals surface area contributed by atoms with E-state index in [1.807, 2.05) is 6.07 Å². The molecule has 1 fully saturated rings. The van der Waals surface area contributed by atoms with Crippen LogP contribution in [0.15, 0.2) is 12.1 Å². The average Bonchev–Trinajstić information content (AvgIpc) is 2.18. The fourth-order valence-electron chi connectivity index (χ4n) is 1.87. The summed E-state index contributed by atoms with van der Waals surface area (Å²) in [7, 11) is 2.12. The quantitative estimate of drug-likeness (QED) is 0.625. The highest BCUT2D eigenvalue weighted by molar-refractivity contribution is 6.31. The minimum absolute atomic E-state index is 0.654. The molecule has 16 heavy (non-hydrogen) atoms. The summed E-state index contributed by atoms with van der Waals surface area (Å²) in [6, 6.07) is 4.29. The Morgan fingerprint density at radius 3 is 2.88 bits per heavy atom. The highest BCUT2D eigenvalue weighted by Gasteiger charge is 2.22. The van der Waals surface area contributed by atoms with Crippen LogP contribution in [0.1, 0.15) is 25.0 Å². The van der Waals surface area contributed by atoms with Crippen molar-refractivity contribution < 1.29 is 0 Å². The van der Waals surface area contributed by atoms with Crippen molar-refractivity contribution in [3.63, 3.8) is 0 Å². The maximum atomic E-state index is 6.11. The number of hydrogen-bond acceptors (Lipinski definition) is 4. The maximum absolute atomic E-state index is 6.11. The van der Waals surface area contributed by atoms with E-state index in [4.69, 9.17) is 17.4 Å². The third-order valence-electron chi connectivity index (χ3n) is 3.16. The minimum Gasteiger partial charge on any atom is -0.308 e. The smallest absolute Gasteiger partial charge is 0.140 e. The molecule has 1 aliphatic rings. The molecule has 0 aromatic carbocycles. The van der Waals surface area contributed by atoms with Crippen molar-refractivity contribution in [3.05, 3.63) is 22.8 Å². The predicted octanol–water partition coefficient (Wildman–Crippen LogP) is 2.00. The number of nitrogen functional groups attached to an aromatic ring is 1. The van der Waals surface area contributed by atoms with E-state index in [-0.39, 0.29) is 0 Å². The van der Waals surface area contributed by atoms with Crippen molar-refractivity contribution in [2.75, 3.05) is 12.5 Å². The molecule has 3 N–H and O–H groups in total. The summed E-state index contributed by atoms with van der Waals surface area (Å²) in [5, 5.41) is 0.699. The molecule has 0 unspecified atom stereocenters. The number of aromatic nitrogens is 1. The van der Waals surface area contributed by atoms with E-state index in [1.54, 1.807) is 6.07 Å². The number of nitrogens with zero attached hydrogens (tertiary/aromatic N) is 2. The molecule has 0 atom stereocenters. The van der Waals surface area contributed by atoms with Gasteiger partial charge in [0.05, 0.1) is 10.7 Å². The molecule has 1 saturated carbocycles. The Kier molecular flexibility index (Phi) is 3.63. The van der Waals surface area contributed by atoms with Gasteiger partial charge in [0.15, 0.2) is 0 Å². The molecule has 0 aliphatic heterocycles. The number of anilines is 1. The van der Waals surface area contributed by atoms with Gasteiger partial charge in [-0.05, 0) is 32.0 Å². The first-order valence-electron chi connectivity index (χ1n) is 5.53. The highest BCUT2D eigenvalue weighted by atomic mass is 35.5. The third kappa shape index (κ3) is 2.45.